The molecule has 0 bridgehead atoms. The van der Waals surface area contributed by atoms with Gasteiger partial charge in [0.1, 0.15) is 5.82 Å². The third kappa shape index (κ3) is 3.19. The monoisotopic (exact) mass is 275 g/mol. The summed E-state index contributed by atoms with van der Waals surface area (Å²) in [5.41, 5.74) is 7.73. The number of nitrogens with zero attached hydrogens (tertiary/aromatic N) is 2. The number of hydrogen-bond acceptors (Lipinski definition) is 3. The van der Waals surface area contributed by atoms with Gasteiger partial charge in [-0.25, -0.2) is 4.98 Å². The van der Waals surface area contributed by atoms with Crippen molar-refractivity contribution in [3.63, 3.8) is 0 Å². The van der Waals surface area contributed by atoms with Crippen molar-refractivity contribution in [3.8, 4) is 0 Å². The Kier molecular flexibility index (Phi) is 5.56. The Balaban J connectivity index is 2.29. The van der Waals surface area contributed by atoms with Crippen molar-refractivity contribution in [2.45, 2.75) is 39.2 Å². The van der Waals surface area contributed by atoms with Gasteiger partial charge < -0.3 is 15.0 Å². The highest BCUT2D eigenvalue weighted by atomic mass is 16.5. The number of fused-ring (bicyclic) bond motifs is 1. The largest absolute Gasteiger partial charge is 0.378 e. The average Bonchev–Trinajstić information content (AvgIpc) is 2.84. The molecule has 1 aromatic carbocycles. The second-order valence-corrected chi connectivity index (χ2v) is 5.02. The van der Waals surface area contributed by atoms with Crippen molar-refractivity contribution < 1.29 is 4.74 Å². The molecule has 2 aromatic rings. The van der Waals surface area contributed by atoms with Crippen LogP contribution in [0.25, 0.3) is 11.0 Å². The molecule has 2 N–H and O–H groups in total. The molecule has 0 spiro atoms. The van der Waals surface area contributed by atoms with E-state index in [0.717, 1.165) is 24.9 Å². The van der Waals surface area contributed by atoms with Gasteiger partial charge in [0.15, 0.2) is 0 Å². The van der Waals surface area contributed by atoms with Crippen LogP contribution >= 0.6 is 0 Å². The summed E-state index contributed by atoms with van der Waals surface area (Å²) in [7, 11) is 0. The van der Waals surface area contributed by atoms with Gasteiger partial charge >= 0.3 is 0 Å². The number of para-hydroxylation sites is 2. The highest BCUT2D eigenvalue weighted by Crippen LogP contribution is 2.26. The normalized spacial score (nSPS) is 11.6. The molecule has 0 aliphatic carbocycles. The molecular weight excluding hydrogens is 250 g/mol. The molecule has 0 unspecified atom stereocenters. The number of benzene rings is 1. The summed E-state index contributed by atoms with van der Waals surface area (Å²) in [6.45, 7) is 7.17. The molecule has 1 heterocycles. The van der Waals surface area contributed by atoms with E-state index in [1.807, 2.05) is 6.07 Å². The smallest absolute Gasteiger partial charge is 0.113 e. The number of rotatable bonds is 8. The Bertz CT molecular complexity index is 532. The minimum atomic E-state index is 0.511. The van der Waals surface area contributed by atoms with E-state index in [-0.39, 0.29) is 0 Å². The van der Waals surface area contributed by atoms with Gasteiger partial charge in [-0.1, -0.05) is 26.0 Å². The fourth-order valence-corrected chi connectivity index (χ4v) is 2.64. The maximum absolute atomic E-state index is 5.53. The molecule has 4 heteroatoms. The highest BCUT2D eigenvalue weighted by Gasteiger charge is 2.17. The molecule has 0 atom stereocenters. The molecule has 0 aliphatic rings. The molecule has 0 fully saturated rings. The summed E-state index contributed by atoms with van der Waals surface area (Å²) >= 11 is 0. The fourth-order valence-electron chi connectivity index (χ4n) is 2.64. The van der Waals surface area contributed by atoms with Crippen LogP contribution in [0.1, 0.15) is 38.4 Å². The van der Waals surface area contributed by atoms with Gasteiger partial charge in [0.2, 0.25) is 0 Å². The third-order valence-corrected chi connectivity index (χ3v) is 3.76. The Hall–Kier alpha value is -1.39. The fraction of sp³-hybridized carbons (Fsp3) is 0.562. The first kappa shape index (κ1) is 15.0. The lowest BCUT2D eigenvalue weighted by molar-refractivity contribution is 0.133. The van der Waals surface area contributed by atoms with E-state index >= 15 is 0 Å². The van der Waals surface area contributed by atoms with Gasteiger partial charge in [-0.3, -0.25) is 0 Å². The first-order valence-corrected chi connectivity index (χ1v) is 7.54. The van der Waals surface area contributed by atoms with Crippen molar-refractivity contribution in [1.29, 1.82) is 0 Å². The van der Waals surface area contributed by atoms with E-state index in [9.17, 15) is 0 Å². The molecule has 0 saturated heterocycles. The van der Waals surface area contributed by atoms with Gasteiger partial charge in [-0.05, 0) is 25.0 Å². The maximum atomic E-state index is 5.53. The van der Waals surface area contributed by atoms with E-state index in [2.05, 4.69) is 36.6 Å². The zero-order valence-corrected chi connectivity index (χ0v) is 12.5. The van der Waals surface area contributed by atoms with E-state index in [4.69, 9.17) is 15.5 Å². The van der Waals surface area contributed by atoms with Crippen molar-refractivity contribution in [2.75, 3.05) is 19.8 Å². The van der Waals surface area contributed by atoms with Crippen LogP contribution < -0.4 is 5.73 Å². The molecule has 1 aromatic heterocycles. The number of ether oxygens (including phenoxy) is 1. The summed E-state index contributed by atoms with van der Waals surface area (Å²) in [4.78, 5) is 4.84. The molecule has 20 heavy (non-hydrogen) atoms. The summed E-state index contributed by atoms with van der Waals surface area (Å²) in [6, 6.07) is 8.33. The van der Waals surface area contributed by atoms with Gasteiger partial charge in [-0.2, -0.15) is 0 Å². The van der Waals surface area contributed by atoms with Crippen LogP contribution in [0.4, 0.5) is 0 Å². The van der Waals surface area contributed by atoms with Gasteiger partial charge in [0.05, 0.1) is 24.2 Å². The van der Waals surface area contributed by atoms with E-state index in [0.29, 0.717) is 25.7 Å². The first-order valence-electron chi connectivity index (χ1n) is 7.54. The minimum Gasteiger partial charge on any atom is -0.378 e. The standard InChI is InChI=1S/C16H25N3O/c1-3-13(4-2)16-18-14-7-5-6-8-15(14)19(16)10-12-20-11-9-17/h5-8,13H,3-4,9-12,17H2,1-2H3. The van der Waals surface area contributed by atoms with Crippen molar-refractivity contribution in [2.24, 2.45) is 5.73 Å². The topological polar surface area (TPSA) is 53.1 Å². The Morgan fingerprint density at radius 1 is 1.20 bits per heavy atom. The van der Waals surface area contributed by atoms with Crippen LogP contribution in [0.2, 0.25) is 0 Å². The SMILES string of the molecule is CCC(CC)c1nc2ccccc2n1CCOCCN. The second kappa shape index (κ2) is 7.41. The molecule has 2 rings (SSSR count). The third-order valence-electron chi connectivity index (χ3n) is 3.76. The molecule has 0 aliphatic heterocycles. The predicted octanol–water partition coefficient (Wildman–Crippen LogP) is 2.92. The maximum Gasteiger partial charge on any atom is 0.113 e. The summed E-state index contributed by atoms with van der Waals surface area (Å²) in [5, 5.41) is 0. The number of hydrogen-bond donors (Lipinski definition) is 1. The van der Waals surface area contributed by atoms with Gasteiger partial charge in [0, 0.05) is 19.0 Å². The van der Waals surface area contributed by atoms with Gasteiger partial charge in [-0.15, -0.1) is 0 Å². The van der Waals surface area contributed by atoms with Crippen LogP contribution in [0.3, 0.4) is 0 Å². The molecule has 0 radical (unpaired) electrons. The van der Waals surface area contributed by atoms with Crippen LogP contribution in [0.15, 0.2) is 24.3 Å². The number of nitrogens with two attached hydrogens (primary N) is 1. The second-order valence-electron chi connectivity index (χ2n) is 5.02. The van der Waals surface area contributed by atoms with Gasteiger partial charge in [0.25, 0.3) is 0 Å². The molecule has 4 nitrogen and oxygen atoms in total. The van der Waals surface area contributed by atoms with Crippen LogP contribution in [0.5, 0.6) is 0 Å². The van der Waals surface area contributed by atoms with E-state index in [1.165, 1.54) is 11.3 Å². The highest BCUT2D eigenvalue weighted by molar-refractivity contribution is 5.76. The first-order chi connectivity index (χ1) is 9.81. The zero-order valence-electron chi connectivity index (χ0n) is 12.5. The lowest BCUT2D eigenvalue weighted by Crippen LogP contribution is -2.15. The quantitative estimate of drug-likeness (QED) is 0.754. The number of aromatic nitrogens is 2. The van der Waals surface area contributed by atoms with E-state index in [1.54, 1.807) is 0 Å². The summed E-state index contributed by atoms with van der Waals surface area (Å²) in [5.74, 6) is 1.70. The zero-order chi connectivity index (χ0) is 14.4. The van der Waals surface area contributed by atoms with Crippen LogP contribution in [-0.2, 0) is 11.3 Å². The van der Waals surface area contributed by atoms with Crippen LogP contribution in [0, 0.1) is 0 Å². The average molecular weight is 275 g/mol. The van der Waals surface area contributed by atoms with E-state index < -0.39 is 0 Å². The summed E-state index contributed by atoms with van der Waals surface area (Å²) < 4.78 is 7.84. The van der Waals surface area contributed by atoms with Crippen LogP contribution in [-0.4, -0.2) is 29.3 Å². The Morgan fingerprint density at radius 3 is 2.65 bits per heavy atom. The lowest BCUT2D eigenvalue weighted by atomic mass is 10.0. The molecule has 0 saturated carbocycles. The van der Waals surface area contributed by atoms with Crippen molar-refractivity contribution >= 4 is 11.0 Å². The van der Waals surface area contributed by atoms with Crippen molar-refractivity contribution in [3.05, 3.63) is 30.1 Å². The molecule has 0 amide bonds. The lowest BCUT2D eigenvalue weighted by Gasteiger charge is -2.15. The predicted molar refractivity (Wildman–Crippen MR) is 82.9 cm³/mol. The minimum absolute atomic E-state index is 0.511. The Morgan fingerprint density at radius 2 is 1.95 bits per heavy atom. The number of imidazole rings is 1. The summed E-state index contributed by atoms with van der Waals surface area (Å²) in [6.07, 6.45) is 2.23. The molecule has 110 valence electrons. The Labute approximate surface area is 120 Å². The molecular formula is C16H25N3O. The van der Waals surface area contributed by atoms with Crippen molar-refractivity contribution in [1.82, 2.24) is 9.55 Å².